The van der Waals surface area contributed by atoms with Crippen LogP contribution in [0, 0.1) is 18.6 Å². The summed E-state index contributed by atoms with van der Waals surface area (Å²) in [6.07, 6.45) is 0. The molecule has 0 unspecified atom stereocenters. The average molecular weight is 313 g/mol. The van der Waals surface area contributed by atoms with Crippen molar-refractivity contribution in [3.8, 4) is 0 Å². The van der Waals surface area contributed by atoms with Crippen LogP contribution in [0.2, 0.25) is 0 Å². The fourth-order valence-corrected chi connectivity index (χ4v) is 2.84. The van der Waals surface area contributed by atoms with Crippen LogP contribution in [-0.4, -0.2) is 13.5 Å². The summed E-state index contributed by atoms with van der Waals surface area (Å²) >= 11 is 0. The molecule has 0 fully saturated rings. The fraction of sp³-hybridized carbons (Fsp3) is 0.143. The second-order valence-corrected chi connectivity index (χ2v) is 6.14. The summed E-state index contributed by atoms with van der Waals surface area (Å²) in [5.74, 6) is -1.55. The van der Waals surface area contributed by atoms with Crippen LogP contribution in [0.4, 0.5) is 14.5 Å². The number of rotatable bonds is 4. The lowest BCUT2D eigenvalue weighted by atomic mass is 10.2. The first kappa shape index (κ1) is 15.4. The van der Waals surface area contributed by atoms with E-state index in [-0.39, 0.29) is 11.3 Å². The molecule has 0 amide bonds. The van der Waals surface area contributed by atoms with Crippen molar-refractivity contribution in [3.63, 3.8) is 0 Å². The maximum atomic E-state index is 13.8. The molecule has 2 aromatic rings. The topological polar surface area (TPSA) is 66.4 Å². The van der Waals surface area contributed by atoms with Crippen molar-refractivity contribution in [3.05, 3.63) is 59.2 Å². The van der Waals surface area contributed by atoms with Gasteiger partial charge in [0.15, 0.2) is 0 Å². The number of aliphatic hydroxyl groups excluding tert-OH is 1. The Balaban J connectivity index is 2.36. The van der Waals surface area contributed by atoms with Gasteiger partial charge in [-0.2, -0.15) is 0 Å². The van der Waals surface area contributed by atoms with Gasteiger partial charge in [-0.25, -0.2) is 17.2 Å². The van der Waals surface area contributed by atoms with Crippen LogP contribution in [0.25, 0.3) is 0 Å². The van der Waals surface area contributed by atoms with E-state index in [1.807, 2.05) is 0 Å². The average Bonchev–Trinajstić information content (AvgIpc) is 2.42. The van der Waals surface area contributed by atoms with Gasteiger partial charge in [0.05, 0.1) is 12.3 Å². The van der Waals surface area contributed by atoms with Gasteiger partial charge in [-0.3, -0.25) is 4.72 Å². The Morgan fingerprint density at radius 3 is 2.38 bits per heavy atom. The third-order valence-corrected chi connectivity index (χ3v) is 4.31. The normalized spacial score (nSPS) is 11.4. The fourth-order valence-electron chi connectivity index (χ4n) is 1.73. The molecular weight excluding hydrogens is 300 g/mol. The molecule has 0 aliphatic heterocycles. The molecule has 0 spiro atoms. The molecule has 2 N–H and O–H groups in total. The molecule has 0 bridgehead atoms. The van der Waals surface area contributed by atoms with E-state index in [1.165, 1.54) is 18.2 Å². The summed E-state index contributed by atoms with van der Waals surface area (Å²) in [7, 11) is -4.17. The Bertz CT molecular complexity index is 776. The molecule has 0 aromatic heterocycles. The van der Waals surface area contributed by atoms with Gasteiger partial charge in [-0.1, -0.05) is 12.1 Å². The van der Waals surface area contributed by atoms with Crippen molar-refractivity contribution >= 4 is 15.7 Å². The molecule has 0 aliphatic rings. The molecular formula is C14H13F2NO3S. The Morgan fingerprint density at radius 2 is 1.81 bits per heavy atom. The Labute approximate surface area is 121 Å². The van der Waals surface area contributed by atoms with E-state index in [0.717, 1.165) is 18.2 Å². The Morgan fingerprint density at radius 1 is 1.10 bits per heavy atom. The minimum absolute atomic E-state index is 0.00346. The van der Waals surface area contributed by atoms with Gasteiger partial charge < -0.3 is 5.11 Å². The minimum atomic E-state index is -4.17. The zero-order valence-electron chi connectivity index (χ0n) is 11.1. The number of benzene rings is 2. The first-order valence-electron chi connectivity index (χ1n) is 6.02. The van der Waals surface area contributed by atoms with Gasteiger partial charge in [0.1, 0.15) is 16.5 Å². The molecule has 0 radical (unpaired) electrons. The lowest BCUT2D eigenvalue weighted by Gasteiger charge is -2.10. The summed E-state index contributed by atoms with van der Waals surface area (Å²) in [6, 6.07) is 7.10. The number of aryl methyl sites for hydroxylation is 1. The van der Waals surface area contributed by atoms with Gasteiger partial charge in [0.2, 0.25) is 0 Å². The van der Waals surface area contributed by atoms with Crippen molar-refractivity contribution in [2.75, 3.05) is 4.72 Å². The van der Waals surface area contributed by atoms with Gasteiger partial charge >= 0.3 is 0 Å². The molecule has 0 saturated carbocycles. The SMILES string of the molecule is Cc1ccc(NS(=O)(=O)c2ccc(CO)cc2F)cc1F. The molecule has 0 atom stereocenters. The quantitative estimate of drug-likeness (QED) is 0.911. The second kappa shape index (κ2) is 5.79. The maximum Gasteiger partial charge on any atom is 0.264 e. The van der Waals surface area contributed by atoms with Crippen molar-refractivity contribution in [1.82, 2.24) is 0 Å². The van der Waals surface area contributed by atoms with Crippen molar-refractivity contribution in [2.24, 2.45) is 0 Å². The molecule has 0 heterocycles. The molecule has 7 heteroatoms. The highest BCUT2D eigenvalue weighted by molar-refractivity contribution is 7.92. The van der Waals surface area contributed by atoms with Crippen LogP contribution in [0.5, 0.6) is 0 Å². The first-order chi connectivity index (χ1) is 9.83. The molecule has 2 aromatic carbocycles. The van der Waals surface area contributed by atoms with Gasteiger partial charge in [0, 0.05) is 0 Å². The van der Waals surface area contributed by atoms with E-state index >= 15 is 0 Å². The largest absolute Gasteiger partial charge is 0.392 e. The number of hydrogen-bond acceptors (Lipinski definition) is 3. The van der Waals surface area contributed by atoms with Gasteiger partial charge in [-0.05, 0) is 42.3 Å². The molecule has 0 aliphatic carbocycles. The number of nitrogens with one attached hydrogen (secondary N) is 1. The number of halogens is 2. The minimum Gasteiger partial charge on any atom is -0.392 e. The highest BCUT2D eigenvalue weighted by atomic mass is 32.2. The molecule has 0 saturated heterocycles. The zero-order chi connectivity index (χ0) is 15.6. The summed E-state index contributed by atoms with van der Waals surface area (Å²) in [5, 5.41) is 8.87. The van der Waals surface area contributed by atoms with Gasteiger partial charge in [0.25, 0.3) is 10.0 Å². The van der Waals surface area contributed by atoms with E-state index < -0.39 is 33.2 Å². The summed E-state index contributed by atoms with van der Waals surface area (Å²) < 4.78 is 53.4. The zero-order valence-corrected chi connectivity index (χ0v) is 11.9. The van der Waals surface area contributed by atoms with Crippen molar-refractivity contribution < 1.29 is 22.3 Å². The number of sulfonamides is 1. The maximum absolute atomic E-state index is 13.8. The van der Waals surface area contributed by atoms with Gasteiger partial charge in [-0.15, -0.1) is 0 Å². The third-order valence-electron chi connectivity index (χ3n) is 2.89. The number of hydrogen-bond donors (Lipinski definition) is 2. The van der Waals surface area contributed by atoms with Crippen molar-refractivity contribution in [2.45, 2.75) is 18.4 Å². The lowest BCUT2D eigenvalue weighted by Crippen LogP contribution is -2.15. The van der Waals surface area contributed by atoms with E-state index in [0.29, 0.717) is 5.56 Å². The standard InChI is InChI=1S/C14H13F2NO3S/c1-9-2-4-11(7-12(9)15)17-21(19,20)14-5-3-10(8-18)6-13(14)16/h2-7,17-18H,8H2,1H3. The van der Waals surface area contributed by atoms with E-state index in [4.69, 9.17) is 5.11 Å². The third kappa shape index (κ3) is 3.37. The monoisotopic (exact) mass is 313 g/mol. The van der Waals surface area contributed by atoms with Crippen molar-refractivity contribution in [1.29, 1.82) is 0 Å². The number of aliphatic hydroxyl groups is 1. The van der Waals surface area contributed by atoms with Crippen LogP contribution < -0.4 is 4.72 Å². The second-order valence-electron chi connectivity index (χ2n) is 4.49. The smallest absolute Gasteiger partial charge is 0.264 e. The highest BCUT2D eigenvalue weighted by Crippen LogP contribution is 2.21. The van der Waals surface area contributed by atoms with E-state index in [1.54, 1.807) is 6.92 Å². The van der Waals surface area contributed by atoms with Crippen LogP contribution in [-0.2, 0) is 16.6 Å². The van der Waals surface area contributed by atoms with Crippen LogP contribution in [0.15, 0.2) is 41.3 Å². The van der Waals surface area contributed by atoms with E-state index in [9.17, 15) is 17.2 Å². The summed E-state index contributed by atoms with van der Waals surface area (Å²) in [4.78, 5) is -0.569. The number of anilines is 1. The first-order valence-corrected chi connectivity index (χ1v) is 7.50. The Hall–Kier alpha value is -1.99. The van der Waals surface area contributed by atoms with Crippen LogP contribution >= 0.6 is 0 Å². The highest BCUT2D eigenvalue weighted by Gasteiger charge is 2.19. The molecule has 112 valence electrons. The summed E-state index contributed by atoms with van der Waals surface area (Å²) in [5.41, 5.74) is 0.632. The summed E-state index contributed by atoms with van der Waals surface area (Å²) in [6.45, 7) is 1.15. The van der Waals surface area contributed by atoms with Crippen LogP contribution in [0.1, 0.15) is 11.1 Å². The molecule has 2 rings (SSSR count). The lowest BCUT2D eigenvalue weighted by molar-refractivity contribution is 0.281. The molecule has 4 nitrogen and oxygen atoms in total. The van der Waals surface area contributed by atoms with E-state index in [2.05, 4.69) is 4.72 Å². The van der Waals surface area contributed by atoms with Crippen LogP contribution in [0.3, 0.4) is 0 Å². The molecule has 21 heavy (non-hydrogen) atoms. The predicted molar refractivity (Wildman–Crippen MR) is 74.3 cm³/mol. The predicted octanol–water partition coefficient (Wildman–Crippen LogP) is 2.57. The Kier molecular flexibility index (Phi) is 4.24.